The first-order chi connectivity index (χ1) is 11.2. The molecule has 1 unspecified atom stereocenters. The van der Waals surface area contributed by atoms with E-state index in [0.717, 1.165) is 18.4 Å². The number of aromatic nitrogens is 4. The summed E-state index contributed by atoms with van der Waals surface area (Å²) in [5, 5.41) is 7.95. The van der Waals surface area contributed by atoms with Crippen molar-refractivity contribution in [3.05, 3.63) is 46.1 Å². The summed E-state index contributed by atoms with van der Waals surface area (Å²) in [5.41, 5.74) is 0.797. The van der Waals surface area contributed by atoms with E-state index in [-0.39, 0.29) is 23.6 Å². The Morgan fingerprint density at radius 2 is 2.00 bits per heavy atom. The zero-order chi connectivity index (χ0) is 15.8. The van der Waals surface area contributed by atoms with Gasteiger partial charge in [-0.1, -0.05) is 12.1 Å². The lowest BCUT2D eigenvalue weighted by Gasteiger charge is -2.35. The first-order valence-electron chi connectivity index (χ1n) is 7.82. The molecule has 2 aromatic rings. The van der Waals surface area contributed by atoms with E-state index < -0.39 is 0 Å². The van der Waals surface area contributed by atoms with Crippen LogP contribution in [0.2, 0.25) is 0 Å². The summed E-state index contributed by atoms with van der Waals surface area (Å²) in [5.74, 6) is -0.263. The maximum atomic E-state index is 13.1. The van der Waals surface area contributed by atoms with Crippen LogP contribution in [-0.4, -0.2) is 44.4 Å². The van der Waals surface area contributed by atoms with Crippen molar-refractivity contribution in [2.75, 3.05) is 19.8 Å². The quantitative estimate of drug-likeness (QED) is 0.839. The van der Waals surface area contributed by atoms with Gasteiger partial charge in [0.1, 0.15) is 12.5 Å². The second-order valence-electron chi connectivity index (χ2n) is 6.03. The van der Waals surface area contributed by atoms with E-state index in [1.165, 1.54) is 21.5 Å². The highest BCUT2D eigenvalue weighted by Gasteiger charge is 2.30. The van der Waals surface area contributed by atoms with Gasteiger partial charge in [0.25, 0.3) is 0 Å². The van der Waals surface area contributed by atoms with E-state index in [4.69, 9.17) is 4.74 Å². The average Bonchev–Trinajstić information content (AvgIpc) is 3.34. The van der Waals surface area contributed by atoms with E-state index in [2.05, 4.69) is 15.3 Å². The molecule has 0 bridgehead atoms. The van der Waals surface area contributed by atoms with Crippen LogP contribution >= 0.6 is 0 Å². The van der Waals surface area contributed by atoms with Crippen LogP contribution in [0.3, 0.4) is 0 Å². The van der Waals surface area contributed by atoms with Gasteiger partial charge in [-0.3, -0.25) is 4.90 Å². The van der Waals surface area contributed by atoms with Gasteiger partial charge in [0.2, 0.25) is 0 Å². The van der Waals surface area contributed by atoms with Gasteiger partial charge in [0, 0.05) is 6.54 Å². The van der Waals surface area contributed by atoms with Crippen LogP contribution in [0.4, 0.5) is 4.39 Å². The minimum absolute atomic E-state index is 0.0256. The molecule has 1 aliphatic heterocycles. The third-order valence-electron chi connectivity index (χ3n) is 4.36. The second-order valence-corrected chi connectivity index (χ2v) is 6.03. The van der Waals surface area contributed by atoms with Crippen LogP contribution in [-0.2, 0) is 11.4 Å². The minimum atomic E-state index is -0.263. The number of benzene rings is 1. The van der Waals surface area contributed by atoms with Crippen LogP contribution in [0.25, 0.3) is 0 Å². The Labute approximate surface area is 132 Å². The monoisotopic (exact) mass is 319 g/mol. The molecule has 1 aliphatic carbocycles. The van der Waals surface area contributed by atoms with E-state index >= 15 is 0 Å². The molecule has 0 amide bonds. The van der Waals surface area contributed by atoms with Crippen LogP contribution < -0.4 is 5.69 Å². The molecular formula is C15H18FN5O2. The minimum Gasteiger partial charge on any atom is -0.378 e. The smallest absolute Gasteiger partial charge is 0.365 e. The summed E-state index contributed by atoms with van der Waals surface area (Å²) in [6, 6.07) is 6.59. The molecule has 23 heavy (non-hydrogen) atoms. The number of morpholine rings is 1. The van der Waals surface area contributed by atoms with Gasteiger partial charge >= 0.3 is 5.69 Å². The number of rotatable bonds is 4. The van der Waals surface area contributed by atoms with Gasteiger partial charge in [-0.15, -0.1) is 0 Å². The fourth-order valence-corrected chi connectivity index (χ4v) is 2.89. The summed E-state index contributed by atoms with van der Waals surface area (Å²) in [6.07, 6.45) is 1.99. The highest BCUT2D eigenvalue weighted by molar-refractivity contribution is 5.20. The SMILES string of the molecule is O=c1n(CN2CCOCC2c2ccc(F)cc2)nnn1C1CC1. The zero-order valence-corrected chi connectivity index (χ0v) is 12.6. The van der Waals surface area contributed by atoms with Crippen LogP contribution in [0.15, 0.2) is 29.1 Å². The number of ether oxygens (including phenoxy) is 1. The Morgan fingerprint density at radius 1 is 1.22 bits per heavy atom. The summed E-state index contributed by atoms with van der Waals surface area (Å²) < 4.78 is 21.5. The van der Waals surface area contributed by atoms with Crippen LogP contribution in [0.5, 0.6) is 0 Å². The molecule has 0 spiro atoms. The van der Waals surface area contributed by atoms with Crippen molar-refractivity contribution in [3.8, 4) is 0 Å². The lowest BCUT2D eigenvalue weighted by Crippen LogP contribution is -2.42. The molecular weight excluding hydrogens is 301 g/mol. The lowest BCUT2D eigenvalue weighted by molar-refractivity contribution is -0.0264. The van der Waals surface area contributed by atoms with Gasteiger partial charge in [0.05, 0.1) is 25.3 Å². The van der Waals surface area contributed by atoms with Gasteiger partial charge in [-0.25, -0.2) is 9.18 Å². The molecule has 2 heterocycles. The maximum Gasteiger partial charge on any atom is 0.365 e. The Bertz CT molecular complexity index is 737. The molecule has 1 aromatic heterocycles. The first-order valence-corrected chi connectivity index (χ1v) is 7.82. The Kier molecular flexibility index (Phi) is 3.70. The number of tetrazole rings is 1. The molecule has 0 radical (unpaired) electrons. The molecule has 1 saturated carbocycles. The fraction of sp³-hybridized carbons (Fsp3) is 0.533. The van der Waals surface area contributed by atoms with E-state index in [1.807, 2.05) is 0 Å². The van der Waals surface area contributed by atoms with Crippen molar-refractivity contribution >= 4 is 0 Å². The summed E-state index contributed by atoms with van der Waals surface area (Å²) in [4.78, 5) is 14.4. The number of hydrogen-bond acceptors (Lipinski definition) is 5. The van der Waals surface area contributed by atoms with E-state index in [0.29, 0.717) is 26.4 Å². The lowest BCUT2D eigenvalue weighted by atomic mass is 10.1. The van der Waals surface area contributed by atoms with Crippen LogP contribution in [0.1, 0.15) is 30.5 Å². The van der Waals surface area contributed by atoms with Crippen molar-refractivity contribution in [3.63, 3.8) is 0 Å². The van der Waals surface area contributed by atoms with Crippen LogP contribution in [0, 0.1) is 5.82 Å². The highest BCUT2D eigenvalue weighted by Crippen LogP contribution is 2.32. The van der Waals surface area contributed by atoms with Crippen molar-refractivity contribution in [2.45, 2.75) is 31.6 Å². The highest BCUT2D eigenvalue weighted by atomic mass is 19.1. The molecule has 7 nitrogen and oxygen atoms in total. The van der Waals surface area contributed by atoms with E-state index in [1.54, 1.807) is 12.1 Å². The van der Waals surface area contributed by atoms with Crippen molar-refractivity contribution in [1.29, 1.82) is 0 Å². The molecule has 1 aromatic carbocycles. The normalized spacial score (nSPS) is 22.4. The Hall–Kier alpha value is -2.06. The van der Waals surface area contributed by atoms with Gasteiger partial charge < -0.3 is 4.74 Å². The number of hydrogen-bond donors (Lipinski definition) is 0. The van der Waals surface area contributed by atoms with Crippen molar-refractivity contribution in [2.24, 2.45) is 0 Å². The summed E-state index contributed by atoms with van der Waals surface area (Å²) in [6.45, 7) is 2.15. The summed E-state index contributed by atoms with van der Waals surface area (Å²) >= 11 is 0. The molecule has 1 atom stereocenters. The predicted molar refractivity (Wildman–Crippen MR) is 79.2 cm³/mol. The average molecular weight is 319 g/mol. The molecule has 2 aliphatic rings. The Balaban J connectivity index is 1.55. The first kappa shape index (κ1) is 14.5. The topological polar surface area (TPSA) is 65.2 Å². The molecule has 1 saturated heterocycles. The van der Waals surface area contributed by atoms with Gasteiger partial charge in [-0.2, -0.15) is 9.36 Å². The largest absolute Gasteiger partial charge is 0.378 e. The molecule has 4 rings (SSSR count). The third kappa shape index (κ3) is 2.91. The van der Waals surface area contributed by atoms with Crippen molar-refractivity contribution in [1.82, 2.24) is 24.7 Å². The number of halogens is 1. The Morgan fingerprint density at radius 3 is 2.74 bits per heavy atom. The zero-order valence-electron chi connectivity index (χ0n) is 12.6. The molecule has 0 N–H and O–H groups in total. The van der Waals surface area contributed by atoms with Gasteiger partial charge in [-0.05, 0) is 41.0 Å². The van der Waals surface area contributed by atoms with E-state index in [9.17, 15) is 9.18 Å². The maximum absolute atomic E-state index is 13.1. The molecule has 122 valence electrons. The van der Waals surface area contributed by atoms with Gasteiger partial charge in [0.15, 0.2) is 0 Å². The molecule has 2 fully saturated rings. The number of nitrogens with zero attached hydrogens (tertiary/aromatic N) is 5. The fourth-order valence-electron chi connectivity index (χ4n) is 2.89. The summed E-state index contributed by atoms with van der Waals surface area (Å²) in [7, 11) is 0. The molecule has 8 heteroatoms. The standard InChI is InChI=1S/C15H18FN5O2/c16-12-3-1-11(2-4-12)14-9-23-8-7-19(14)10-20-15(22)21(18-17-20)13-5-6-13/h1-4,13-14H,5-10H2. The third-order valence-corrected chi connectivity index (χ3v) is 4.36. The predicted octanol–water partition coefficient (Wildman–Crippen LogP) is 0.945. The second kappa shape index (κ2) is 5.86. The van der Waals surface area contributed by atoms with Crippen molar-refractivity contribution < 1.29 is 9.13 Å².